The molecule has 3 nitrogen and oxygen atoms in total. The maximum absolute atomic E-state index is 3.85. The lowest BCUT2D eigenvalue weighted by atomic mass is 9.90. The molecule has 0 amide bonds. The molecule has 0 spiro atoms. The molecule has 2 aliphatic rings. The van der Waals surface area contributed by atoms with Gasteiger partial charge >= 0.3 is 0 Å². The van der Waals surface area contributed by atoms with Gasteiger partial charge in [-0.1, -0.05) is 13.3 Å². The van der Waals surface area contributed by atoms with Crippen LogP contribution in [-0.4, -0.2) is 47.7 Å². The Labute approximate surface area is 126 Å². The van der Waals surface area contributed by atoms with Crippen molar-refractivity contribution >= 4 is 0 Å². The van der Waals surface area contributed by atoms with Gasteiger partial charge in [-0.15, -0.1) is 0 Å². The second-order valence-corrected chi connectivity index (χ2v) is 7.13. The van der Waals surface area contributed by atoms with Crippen LogP contribution in [0.2, 0.25) is 0 Å². The Balaban J connectivity index is 1.78. The van der Waals surface area contributed by atoms with E-state index < -0.39 is 0 Å². The van der Waals surface area contributed by atoms with Gasteiger partial charge in [0.1, 0.15) is 0 Å². The van der Waals surface area contributed by atoms with Gasteiger partial charge in [0.2, 0.25) is 0 Å². The summed E-state index contributed by atoms with van der Waals surface area (Å²) in [4.78, 5) is 2.63. The monoisotopic (exact) mass is 281 g/mol. The highest BCUT2D eigenvalue weighted by molar-refractivity contribution is 4.83. The van der Waals surface area contributed by atoms with Crippen LogP contribution in [0, 0.1) is 5.92 Å². The lowest BCUT2D eigenvalue weighted by Crippen LogP contribution is -2.57. The molecule has 0 aromatic heterocycles. The molecule has 3 atom stereocenters. The quantitative estimate of drug-likeness (QED) is 0.834. The molecule has 0 aromatic carbocycles. The molecule has 0 radical (unpaired) electrons. The zero-order valence-electron chi connectivity index (χ0n) is 14.1. The summed E-state index contributed by atoms with van der Waals surface area (Å²) in [5.41, 5.74) is 3.85. The van der Waals surface area contributed by atoms with E-state index in [0.717, 1.165) is 5.92 Å². The smallest absolute Gasteiger partial charge is 0.0218 e. The summed E-state index contributed by atoms with van der Waals surface area (Å²) in [7, 11) is 0. The van der Waals surface area contributed by atoms with Crippen LogP contribution in [0.3, 0.4) is 0 Å². The summed E-state index contributed by atoms with van der Waals surface area (Å²) in [6.45, 7) is 13.3. The van der Waals surface area contributed by atoms with E-state index in [1.165, 1.54) is 58.2 Å². The first-order chi connectivity index (χ1) is 9.61. The third-order valence-electron chi connectivity index (χ3n) is 5.43. The molecule has 1 N–H and O–H groups in total. The predicted molar refractivity (Wildman–Crippen MR) is 86.7 cm³/mol. The minimum absolute atomic E-state index is 0.627. The van der Waals surface area contributed by atoms with Crippen LogP contribution in [0.25, 0.3) is 0 Å². The second-order valence-electron chi connectivity index (χ2n) is 7.13. The fraction of sp³-hybridized carbons (Fsp3) is 1.00. The zero-order chi connectivity index (χ0) is 14.5. The fourth-order valence-electron chi connectivity index (χ4n) is 4.01. The van der Waals surface area contributed by atoms with Gasteiger partial charge in [0.25, 0.3) is 0 Å². The van der Waals surface area contributed by atoms with E-state index in [4.69, 9.17) is 0 Å². The summed E-state index contributed by atoms with van der Waals surface area (Å²) in [6.07, 6.45) is 8.11. The maximum Gasteiger partial charge on any atom is 0.0218 e. The fourth-order valence-corrected chi connectivity index (χ4v) is 4.01. The minimum Gasteiger partial charge on any atom is -0.303 e. The van der Waals surface area contributed by atoms with Gasteiger partial charge < -0.3 is 4.90 Å². The third kappa shape index (κ3) is 4.19. The van der Waals surface area contributed by atoms with E-state index >= 15 is 0 Å². The maximum atomic E-state index is 3.85. The molecule has 0 bridgehead atoms. The summed E-state index contributed by atoms with van der Waals surface area (Å²) in [5, 5.41) is 2.55. The second kappa shape index (κ2) is 7.77. The molecule has 0 saturated carbocycles. The highest BCUT2D eigenvalue weighted by Crippen LogP contribution is 2.24. The third-order valence-corrected chi connectivity index (χ3v) is 5.43. The number of rotatable bonds is 5. The first-order valence-electron chi connectivity index (χ1n) is 8.88. The molecule has 118 valence electrons. The molecule has 2 rings (SSSR count). The predicted octanol–water partition coefficient (Wildman–Crippen LogP) is 3.26. The molecule has 20 heavy (non-hydrogen) atoms. The first kappa shape index (κ1) is 16.3. The van der Waals surface area contributed by atoms with Crippen LogP contribution in [0.5, 0.6) is 0 Å². The molecule has 2 heterocycles. The van der Waals surface area contributed by atoms with Gasteiger partial charge in [0, 0.05) is 18.1 Å². The van der Waals surface area contributed by atoms with Crippen LogP contribution in [0.1, 0.15) is 66.2 Å². The molecule has 2 saturated heterocycles. The Bertz CT molecular complexity index is 263. The van der Waals surface area contributed by atoms with Crippen molar-refractivity contribution in [2.45, 2.75) is 84.3 Å². The molecular weight excluding hydrogens is 246 g/mol. The van der Waals surface area contributed by atoms with Crippen molar-refractivity contribution in [3.8, 4) is 0 Å². The number of hydrogen-bond donors (Lipinski definition) is 1. The largest absolute Gasteiger partial charge is 0.303 e. The number of piperidine rings is 2. The number of nitrogens with zero attached hydrogens (tertiary/aromatic N) is 2. The highest BCUT2D eigenvalue weighted by Gasteiger charge is 2.29. The average molecular weight is 281 g/mol. The van der Waals surface area contributed by atoms with Gasteiger partial charge in [-0.05, 0) is 78.4 Å². The first-order valence-corrected chi connectivity index (χ1v) is 8.88. The van der Waals surface area contributed by atoms with Crippen molar-refractivity contribution in [1.29, 1.82) is 0 Å². The standard InChI is InChI=1S/C17H35N3/c1-5-11-19-12-9-17(10-13-19)16(4)18-20-14(2)7-6-8-15(20)3/h14-18H,5-13H2,1-4H3. The number of likely N-dealkylation sites (tertiary alicyclic amines) is 1. The van der Waals surface area contributed by atoms with Crippen molar-refractivity contribution in [2.75, 3.05) is 19.6 Å². The minimum atomic E-state index is 0.627. The van der Waals surface area contributed by atoms with Crippen LogP contribution >= 0.6 is 0 Å². The summed E-state index contributed by atoms with van der Waals surface area (Å²) in [5.74, 6) is 0.851. The van der Waals surface area contributed by atoms with Crippen molar-refractivity contribution in [3.63, 3.8) is 0 Å². The van der Waals surface area contributed by atoms with E-state index in [1.807, 2.05) is 0 Å². The number of hydrazine groups is 1. The average Bonchev–Trinajstić information content (AvgIpc) is 2.44. The summed E-state index contributed by atoms with van der Waals surface area (Å²) in [6, 6.07) is 2.02. The Hall–Kier alpha value is -0.120. The Morgan fingerprint density at radius 2 is 1.65 bits per heavy atom. The molecular formula is C17H35N3. The van der Waals surface area contributed by atoms with Crippen molar-refractivity contribution < 1.29 is 0 Å². The molecule has 3 unspecified atom stereocenters. The van der Waals surface area contributed by atoms with Crippen molar-refractivity contribution in [2.24, 2.45) is 5.92 Å². The number of nitrogens with one attached hydrogen (secondary N) is 1. The topological polar surface area (TPSA) is 18.5 Å². The Morgan fingerprint density at radius 3 is 2.20 bits per heavy atom. The molecule has 0 aliphatic carbocycles. The van der Waals surface area contributed by atoms with Gasteiger partial charge in [-0.25, -0.2) is 5.01 Å². The number of hydrogen-bond acceptors (Lipinski definition) is 3. The van der Waals surface area contributed by atoms with E-state index in [2.05, 4.69) is 43.0 Å². The van der Waals surface area contributed by atoms with Gasteiger partial charge in [-0.3, -0.25) is 5.43 Å². The van der Waals surface area contributed by atoms with Crippen molar-refractivity contribution in [1.82, 2.24) is 15.3 Å². The Morgan fingerprint density at radius 1 is 1.05 bits per heavy atom. The SMILES string of the molecule is CCCN1CCC(C(C)NN2C(C)CCCC2C)CC1. The molecule has 0 aromatic rings. The lowest BCUT2D eigenvalue weighted by molar-refractivity contribution is 0.0143. The molecule has 3 heteroatoms. The van der Waals surface area contributed by atoms with Crippen LogP contribution in [0.15, 0.2) is 0 Å². The van der Waals surface area contributed by atoms with Crippen LogP contribution < -0.4 is 5.43 Å². The van der Waals surface area contributed by atoms with Gasteiger partial charge in [0.05, 0.1) is 0 Å². The Kier molecular flexibility index (Phi) is 6.31. The summed E-state index contributed by atoms with van der Waals surface area (Å²) < 4.78 is 0. The molecule has 2 aliphatic heterocycles. The van der Waals surface area contributed by atoms with E-state index in [0.29, 0.717) is 18.1 Å². The normalized spacial score (nSPS) is 32.4. The van der Waals surface area contributed by atoms with Gasteiger partial charge in [-0.2, -0.15) is 0 Å². The van der Waals surface area contributed by atoms with E-state index in [1.54, 1.807) is 0 Å². The highest BCUT2D eigenvalue weighted by atomic mass is 15.5. The van der Waals surface area contributed by atoms with E-state index in [-0.39, 0.29) is 0 Å². The summed E-state index contributed by atoms with van der Waals surface area (Å²) >= 11 is 0. The van der Waals surface area contributed by atoms with Gasteiger partial charge in [0.15, 0.2) is 0 Å². The van der Waals surface area contributed by atoms with Crippen LogP contribution in [0.4, 0.5) is 0 Å². The zero-order valence-corrected chi connectivity index (χ0v) is 14.1. The van der Waals surface area contributed by atoms with Crippen molar-refractivity contribution in [3.05, 3.63) is 0 Å². The molecule has 2 fully saturated rings. The van der Waals surface area contributed by atoms with Crippen LogP contribution in [-0.2, 0) is 0 Å². The lowest BCUT2D eigenvalue weighted by Gasteiger charge is -2.43. The van der Waals surface area contributed by atoms with E-state index in [9.17, 15) is 0 Å².